The minimum Gasteiger partial charge on any atom is -0.379 e. The number of alkyl halides is 3. The van der Waals surface area contributed by atoms with Gasteiger partial charge in [-0.1, -0.05) is 43.7 Å². The van der Waals surface area contributed by atoms with Gasteiger partial charge in [-0.2, -0.15) is 13.2 Å². The predicted molar refractivity (Wildman–Crippen MR) is 139 cm³/mol. The van der Waals surface area contributed by atoms with Crippen LogP contribution in [0.2, 0.25) is 0 Å². The Morgan fingerprint density at radius 1 is 0.889 bits per heavy atom. The molecule has 0 amide bonds. The molecule has 4 nitrogen and oxygen atoms in total. The number of piperidine rings is 1. The third-order valence-corrected chi connectivity index (χ3v) is 7.95. The molecule has 0 bridgehead atoms. The highest BCUT2D eigenvalue weighted by atomic mass is 32.2. The van der Waals surface area contributed by atoms with Crippen LogP contribution in [0, 0.1) is 0 Å². The molecule has 8 heteroatoms. The molecule has 0 atom stereocenters. The van der Waals surface area contributed by atoms with Gasteiger partial charge in [0.15, 0.2) is 0 Å². The van der Waals surface area contributed by atoms with Crippen molar-refractivity contribution in [2.24, 2.45) is 0 Å². The second-order valence-corrected chi connectivity index (χ2v) is 10.6. The maximum absolute atomic E-state index is 13.4. The molecule has 2 heterocycles. The summed E-state index contributed by atoms with van der Waals surface area (Å²) in [5, 5.41) is 0. The Morgan fingerprint density at radius 3 is 2.44 bits per heavy atom. The summed E-state index contributed by atoms with van der Waals surface area (Å²) < 4.78 is 51.9. The Kier molecular flexibility index (Phi) is 9.99. The second kappa shape index (κ2) is 13.2. The smallest absolute Gasteiger partial charge is 0.379 e. The van der Waals surface area contributed by atoms with E-state index in [1.54, 1.807) is 6.07 Å². The molecule has 0 aromatic heterocycles. The van der Waals surface area contributed by atoms with Gasteiger partial charge in [-0.3, -0.25) is 0 Å². The van der Waals surface area contributed by atoms with Crippen molar-refractivity contribution in [3.63, 3.8) is 0 Å². The Balaban J connectivity index is 1.25. The molecule has 0 radical (unpaired) electrons. The van der Waals surface area contributed by atoms with E-state index in [0.29, 0.717) is 31.5 Å². The fraction of sp³-hybridized carbons (Fsp3) is 0.571. The van der Waals surface area contributed by atoms with E-state index in [2.05, 4.69) is 16.7 Å². The Hall–Kier alpha value is -1.74. The van der Waals surface area contributed by atoms with Crippen molar-refractivity contribution in [3.8, 4) is 0 Å². The average molecular weight is 523 g/mol. The number of hydrogen-bond donors (Lipinski definition) is 0. The number of anilines is 2. The lowest BCUT2D eigenvalue weighted by Crippen LogP contribution is -2.38. The lowest BCUT2D eigenvalue weighted by atomic mass is 10.1. The first-order chi connectivity index (χ1) is 17.5. The van der Waals surface area contributed by atoms with E-state index in [1.807, 2.05) is 24.3 Å². The highest BCUT2D eigenvalue weighted by molar-refractivity contribution is 7.99. The van der Waals surface area contributed by atoms with Crippen molar-refractivity contribution in [2.75, 3.05) is 50.9 Å². The number of ether oxygens (including phenoxy) is 2. The summed E-state index contributed by atoms with van der Waals surface area (Å²) in [5.41, 5.74) is 1.04. The molecule has 36 heavy (non-hydrogen) atoms. The van der Waals surface area contributed by atoms with Gasteiger partial charge in [0, 0.05) is 36.0 Å². The van der Waals surface area contributed by atoms with Crippen molar-refractivity contribution >= 4 is 23.1 Å². The highest BCUT2D eigenvalue weighted by Gasteiger charge is 2.33. The molecule has 0 aliphatic carbocycles. The SMILES string of the molecule is CCCCCOCCOC1CCN(CCCN2c3ccccc3Sc3ccc(C(F)(F)F)cc32)CC1. The van der Waals surface area contributed by atoms with Gasteiger partial charge in [0.2, 0.25) is 0 Å². The normalized spacial score (nSPS) is 16.7. The van der Waals surface area contributed by atoms with E-state index in [4.69, 9.17) is 9.47 Å². The lowest BCUT2D eigenvalue weighted by Gasteiger charge is -2.35. The van der Waals surface area contributed by atoms with E-state index < -0.39 is 11.7 Å². The largest absolute Gasteiger partial charge is 0.416 e. The number of para-hydroxylation sites is 1. The van der Waals surface area contributed by atoms with E-state index >= 15 is 0 Å². The molecule has 0 N–H and O–H groups in total. The summed E-state index contributed by atoms with van der Waals surface area (Å²) in [6, 6.07) is 12.1. The average Bonchev–Trinajstić information content (AvgIpc) is 2.87. The maximum atomic E-state index is 13.4. The zero-order chi connectivity index (χ0) is 25.4. The zero-order valence-corrected chi connectivity index (χ0v) is 21.9. The summed E-state index contributed by atoms with van der Waals surface area (Å²) in [6.45, 7) is 7.91. The number of nitrogens with zero attached hydrogens (tertiary/aromatic N) is 2. The zero-order valence-electron chi connectivity index (χ0n) is 21.1. The van der Waals surface area contributed by atoms with E-state index in [1.165, 1.54) is 36.7 Å². The van der Waals surface area contributed by atoms with E-state index in [0.717, 1.165) is 67.4 Å². The predicted octanol–water partition coefficient (Wildman–Crippen LogP) is 7.39. The quantitative estimate of drug-likeness (QED) is 0.271. The number of likely N-dealkylation sites (tertiary alicyclic amines) is 1. The van der Waals surface area contributed by atoms with Crippen molar-refractivity contribution in [2.45, 2.75) is 67.5 Å². The van der Waals surface area contributed by atoms with Crippen LogP contribution in [0.4, 0.5) is 24.5 Å². The first kappa shape index (κ1) is 27.3. The standard InChI is InChI=1S/C28H37F3N2O2S/c1-2-3-6-18-34-19-20-35-23-12-16-32(17-13-23)14-7-15-33-24-8-4-5-9-26(24)36-27-11-10-22(21-25(27)33)28(29,30)31/h4-5,8-11,21,23H,2-3,6-7,12-20H2,1H3. The number of hydrogen-bond acceptors (Lipinski definition) is 5. The van der Waals surface area contributed by atoms with Gasteiger partial charge in [0.1, 0.15) is 0 Å². The maximum Gasteiger partial charge on any atom is 0.416 e. The minimum absolute atomic E-state index is 0.291. The molecule has 1 saturated heterocycles. The molecule has 4 rings (SSSR count). The first-order valence-electron chi connectivity index (χ1n) is 13.1. The third-order valence-electron chi connectivity index (χ3n) is 6.82. The molecule has 2 aromatic rings. The summed E-state index contributed by atoms with van der Waals surface area (Å²) in [5.74, 6) is 0. The molecule has 2 aliphatic heterocycles. The minimum atomic E-state index is -4.35. The van der Waals surface area contributed by atoms with Crippen LogP contribution in [-0.2, 0) is 15.7 Å². The molecule has 0 saturated carbocycles. The van der Waals surface area contributed by atoms with Crippen LogP contribution in [0.5, 0.6) is 0 Å². The number of unbranched alkanes of at least 4 members (excludes halogenated alkanes) is 2. The van der Waals surface area contributed by atoms with Crippen LogP contribution in [0.15, 0.2) is 52.3 Å². The van der Waals surface area contributed by atoms with Gasteiger partial charge < -0.3 is 19.3 Å². The summed E-state index contributed by atoms with van der Waals surface area (Å²) in [4.78, 5) is 6.46. The van der Waals surface area contributed by atoms with Gasteiger partial charge in [0.05, 0.1) is 36.3 Å². The number of benzene rings is 2. The van der Waals surface area contributed by atoms with Crippen molar-refractivity contribution in [1.29, 1.82) is 0 Å². The van der Waals surface area contributed by atoms with Crippen molar-refractivity contribution in [1.82, 2.24) is 4.90 Å². The van der Waals surface area contributed by atoms with Gasteiger partial charge in [-0.05, 0) is 62.6 Å². The lowest BCUT2D eigenvalue weighted by molar-refractivity contribution is -0.137. The molecular formula is C28H37F3N2O2S. The monoisotopic (exact) mass is 522 g/mol. The molecule has 198 valence electrons. The van der Waals surface area contributed by atoms with Crippen LogP contribution in [0.25, 0.3) is 0 Å². The first-order valence-corrected chi connectivity index (χ1v) is 13.9. The molecule has 2 aromatic carbocycles. The Labute approximate surface area is 217 Å². The van der Waals surface area contributed by atoms with Gasteiger partial charge in [-0.15, -0.1) is 0 Å². The van der Waals surface area contributed by atoms with Gasteiger partial charge in [-0.25, -0.2) is 0 Å². The summed E-state index contributed by atoms with van der Waals surface area (Å²) in [7, 11) is 0. The van der Waals surface area contributed by atoms with E-state index in [-0.39, 0.29) is 0 Å². The van der Waals surface area contributed by atoms with Gasteiger partial charge in [0.25, 0.3) is 0 Å². The van der Waals surface area contributed by atoms with E-state index in [9.17, 15) is 13.2 Å². The Morgan fingerprint density at radius 2 is 1.67 bits per heavy atom. The van der Waals surface area contributed by atoms with Crippen LogP contribution in [-0.4, -0.2) is 57.0 Å². The van der Waals surface area contributed by atoms with Gasteiger partial charge >= 0.3 is 6.18 Å². The molecular weight excluding hydrogens is 485 g/mol. The number of fused-ring (bicyclic) bond motifs is 2. The van der Waals surface area contributed by atoms with Crippen LogP contribution in [0.1, 0.15) is 51.0 Å². The second-order valence-electron chi connectivity index (χ2n) is 9.49. The fourth-order valence-corrected chi connectivity index (χ4v) is 5.90. The Bertz CT molecular complexity index is 964. The fourth-order valence-electron chi connectivity index (χ4n) is 4.83. The molecule has 0 unspecified atom stereocenters. The topological polar surface area (TPSA) is 24.9 Å². The summed E-state index contributed by atoms with van der Waals surface area (Å²) >= 11 is 1.54. The van der Waals surface area contributed by atoms with Crippen LogP contribution < -0.4 is 4.90 Å². The molecule has 0 spiro atoms. The molecule has 1 fully saturated rings. The van der Waals surface area contributed by atoms with Crippen LogP contribution in [0.3, 0.4) is 0 Å². The molecule has 2 aliphatic rings. The van der Waals surface area contributed by atoms with Crippen LogP contribution >= 0.6 is 11.8 Å². The summed E-state index contributed by atoms with van der Waals surface area (Å²) in [6.07, 6.45) is 2.37. The number of halogens is 3. The van der Waals surface area contributed by atoms with Crippen molar-refractivity contribution < 1.29 is 22.6 Å². The highest BCUT2D eigenvalue weighted by Crippen LogP contribution is 2.49. The number of rotatable bonds is 12. The van der Waals surface area contributed by atoms with Crippen molar-refractivity contribution in [3.05, 3.63) is 48.0 Å². The third kappa shape index (κ3) is 7.40.